The topological polar surface area (TPSA) is 56.2 Å². The monoisotopic (exact) mass is 239 g/mol. The number of aromatic nitrogens is 2. The number of nitrogens with one attached hydrogen (secondary N) is 1. The molecule has 5 nitrogen and oxygen atoms in total. The van der Waals surface area contributed by atoms with Gasteiger partial charge in [-0.1, -0.05) is 13.8 Å². The van der Waals surface area contributed by atoms with Crippen LogP contribution < -0.4 is 5.32 Å². The minimum atomic E-state index is -0.226. The summed E-state index contributed by atoms with van der Waals surface area (Å²) in [4.78, 5) is 15.6. The van der Waals surface area contributed by atoms with Gasteiger partial charge in [0.1, 0.15) is 12.4 Å². The summed E-state index contributed by atoms with van der Waals surface area (Å²) in [6.45, 7) is 8.35. The molecule has 0 aliphatic heterocycles. The zero-order valence-electron chi connectivity index (χ0n) is 10.8. The third-order valence-corrected chi connectivity index (χ3v) is 2.24. The summed E-state index contributed by atoms with van der Waals surface area (Å²) in [7, 11) is 0. The molecule has 0 fully saturated rings. The molecular formula is C12H21N3O2. The Kier molecular flexibility index (Phi) is 5.69. The highest BCUT2D eigenvalue weighted by Crippen LogP contribution is 1.99. The Morgan fingerprint density at radius 2 is 2.35 bits per heavy atom. The highest BCUT2D eigenvalue weighted by atomic mass is 16.5. The van der Waals surface area contributed by atoms with Gasteiger partial charge in [-0.25, -0.2) is 4.98 Å². The van der Waals surface area contributed by atoms with Crippen LogP contribution in [0.3, 0.4) is 0 Å². The quantitative estimate of drug-likeness (QED) is 0.726. The Balaban J connectivity index is 2.45. The molecule has 96 valence electrons. The van der Waals surface area contributed by atoms with Crippen molar-refractivity contribution in [3.8, 4) is 0 Å². The van der Waals surface area contributed by atoms with Crippen LogP contribution in [0, 0.1) is 5.92 Å². The van der Waals surface area contributed by atoms with Crippen LogP contribution in [0.4, 0.5) is 0 Å². The average Bonchev–Trinajstić information content (AvgIpc) is 2.65. The highest BCUT2D eigenvalue weighted by Gasteiger charge is 2.07. The third-order valence-electron chi connectivity index (χ3n) is 2.24. The molecule has 0 radical (unpaired) electrons. The Bertz CT molecular complexity index is 347. The Hall–Kier alpha value is -1.36. The van der Waals surface area contributed by atoms with Crippen LogP contribution in [0.5, 0.6) is 0 Å². The molecule has 0 aromatic carbocycles. The highest BCUT2D eigenvalue weighted by molar-refractivity contribution is 5.69. The molecule has 1 rings (SSSR count). The number of carbonyl (C=O) groups excluding carboxylic acids is 1. The van der Waals surface area contributed by atoms with E-state index in [1.165, 1.54) is 0 Å². The van der Waals surface area contributed by atoms with Crippen molar-refractivity contribution in [2.45, 2.75) is 33.9 Å². The normalized spacial score (nSPS) is 10.8. The van der Waals surface area contributed by atoms with E-state index < -0.39 is 0 Å². The van der Waals surface area contributed by atoms with Gasteiger partial charge < -0.3 is 14.6 Å². The lowest BCUT2D eigenvalue weighted by atomic mass is 10.2. The van der Waals surface area contributed by atoms with Gasteiger partial charge in [-0.15, -0.1) is 0 Å². The number of nitrogens with zero attached hydrogens (tertiary/aromatic N) is 2. The molecule has 1 aromatic rings. The van der Waals surface area contributed by atoms with Gasteiger partial charge >= 0.3 is 5.97 Å². The predicted octanol–water partition coefficient (Wildman–Crippen LogP) is 1.19. The van der Waals surface area contributed by atoms with Crippen LogP contribution >= 0.6 is 0 Å². The van der Waals surface area contributed by atoms with Crippen molar-refractivity contribution in [2.24, 2.45) is 5.92 Å². The second kappa shape index (κ2) is 7.06. The lowest BCUT2D eigenvalue weighted by Gasteiger charge is -2.09. The lowest BCUT2D eigenvalue weighted by molar-refractivity contribution is -0.143. The summed E-state index contributed by atoms with van der Waals surface area (Å²) in [5, 5.41) is 3.30. The Morgan fingerprint density at radius 3 is 3.00 bits per heavy atom. The van der Waals surface area contributed by atoms with E-state index >= 15 is 0 Å². The van der Waals surface area contributed by atoms with Crippen LogP contribution in [0.25, 0.3) is 0 Å². The summed E-state index contributed by atoms with van der Waals surface area (Å²) in [6, 6.07) is 0. The van der Waals surface area contributed by atoms with Crippen molar-refractivity contribution < 1.29 is 9.53 Å². The molecule has 0 saturated heterocycles. The zero-order chi connectivity index (χ0) is 12.7. The zero-order valence-corrected chi connectivity index (χ0v) is 10.8. The molecular weight excluding hydrogens is 218 g/mol. The maximum absolute atomic E-state index is 11.4. The van der Waals surface area contributed by atoms with Gasteiger partial charge in [0, 0.05) is 12.4 Å². The number of ether oxygens (including phenoxy) is 1. The van der Waals surface area contributed by atoms with Crippen LogP contribution in [0.1, 0.15) is 26.6 Å². The number of imidazole rings is 1. The number of hydrogen-bond acceptors (Lipinski definition) is 4. The van der Waals surface area contributed by atoms with Gasteiger partial charge in [0.25, 0.3) is 0 Å². The van der Waals surface area contributed by atoms with Gasteiger partial charge in [-0.05, 0) is 19.4 Å². The molecule has 0 saturated carbocycles. The van der Waals surface area contributed by atoms with Gasteiger partial charge in [-0.2, -0.15) is 0 Å². The van der Waals surface area contributed by atoms with E-state index in [-0.39, 0.29) is 12.5 Å². The molecule has 17 heavy (non-hydrogen) atoms. The van der Waals surface area contributed by atoms with E-state index in [0.29, 0.717) is 19.1 Å². The summed E-state index contributed by atoms with van der Waals surface area (Å²) in [5.74, 6) is 1.23. The van der Waals surface area contributed by atoms with E-state index in [2.05, 4.69) is 24.1 Å². The molecule has 0 atom stereocenters. The second-order valence-corrected chi connectivity index (χ2v) is 4.30. The van der Waals surface area contributed by atoms with Crippen molar-refractivity contribution in [2.75, 3.05) is 13.2 Å². The van der Waals surface area contributed by atoms with Crippen molar-refractivity contribution in [1.29, 1.82) is 0 Å². The third kappa shape index (κ3) is 4.99. The minimum Gasteiger partial charge on any atom is -0.465 e. The van der Waals surface area contributed by atoms with Crippen molar-refractivity contribution in [3.05, 3.63) is 18.2 Å². The Morgan fingerprint density at radius 1 is 1.59 bits per heavy atom. The maximum atomic E-state index is 11.4. The van der Waals surface area contributed by atoms with Crippen LogP contribution in [0.2, 0.25) is 0 Å². The molecule has 0 aliphatic carbocycles. The van der Waals surface area contributed by atoms with Gasteiger partial charge in [-0.3, -0.25) is 4.79 Å². The van der Waals surface area contributed by atoms with Gasteiger partial charge in [0.15, 0.2) is 0 Å². The van der Waals surface area contributed by atoms with Crippen molar-refractivity contribution in [1.82, 2.24) is 14.9 Å². The smallest absolute Gasteiger partial charge is 0.325 e. The number of rotatable bonds is 7. The largest absolute Gasteiger partial charge is 0.465 e. The molecule has 1 aromatic heterocycles. The fourth-order valence-electron chi connectivity index (χ4n) is 1.47. The molecule has 0 aliphatic rings. The molecule has 1 N–H and O–H groups in total. The Labute approximate surface area is 102 Å². The fraction of sp³-hybridized carbons (Fsp3) is 0.667. The first-order valence-electron chi connectivity index (χ1n) is 5.99. The van der Waals surface area contributed by atoms with E-state index in [0.717, 1.165) is 12.4 Å². The average molecular weight is 239 g/mol. The van der Waals surface area contributed by atoms with E-state index in [1.54, 1.807) is 19.3 Å². The SMILES string of the molecule is CCOC(=O)Cn1ccnc1CNCC(C)C. The first-order valence-corrected chi connectivity index (χ1v) is 5.99. The second-order valence-electron chi connectivity index (χ2n) is 4.30. The summed E-state index contributed by atoms with van der Waals surface area (Å²) in [6.07, 6.45) is 3.49. The lowest BCUT2D eigenvalue weighted by Crippen LogP contribution is -2.23. The van der Waals surface area contributed by atoms with Crippen LogP contribution in [-0.4, -0.2) is 28.7 Å². The maximum Gasteiger partial charge on any atom is 0.325 e. The summed E-state index contributed by atoms with van der Waals surface area (Å²) < 4.78 is 6.72. The van der Waals surface area contributed by atoms with E-state index in [4.69, 9.17) is 4.74 Å². The molecule has 0 bridgehead atoms. The minimum absolute atomic E-state index is 0.226. The number of hydrogen-bond donors (Lipinski definition) is 1. The van der Waals surface area contributed by atoms with Crippen LogP contribution in [-0.2, 0) is 22.6 Å². The first-order chi connectivity index (χ1) is 8.13. The van der Waals surface area contributed by atoms with E-state index in [9.17, 15) is 4.79 Å². The van der Waals surface area contributed by atoms with Gasteiger partial charge in [0.2, 0.25) is 0 Å². The fourth-order valence-corrected chi connectivity index (χ4v) is 1.47. The molecule has 1 heterocycles. The molecule has 5 heteroatoms. The van der Waals surface area contributed by atoms with Crippen LogP contribution in [0.15, 0.2) is 12.4 Å². The van der Waals surface area contributed by atoms with Crippen molar-refractivity contribution >= 4 is 5.97 Å². The predicted molar refractivity (Wildman–Crippen MR) is 65.4 cm³/mol. The number of carbonyl (C=O) groups is 1. The summed E-state index contributed by atoms with van der Waals surface area (Å²) in [5.41, 5.74) is 0. The van der Waals surface area contributed by atoms with Gasteiger partial charge in [0.05, 0.1) is 13.2 Å². The van der Waals surface area contributed by atoms with Crippen molar-refractivity contribution in [3.63, 3.8) is 0 Å². The van der Waals surface area contributed by atoms with E-state index in [1.807, 2.05) is 4.57 Å². The standard InChI is InChI=1S/C12H21N3O2/c1-4-17-12(16)9-15-6-5-14-11(15)8-13-7-10(2)3/h5-6,10,13H,4,7-9H2,1-3H3. The molecule has 0 unspecified atom stereocenters. The molecule has 0 spiro atoms. The number of esters is 1. The first kappa shape index (κ1) is 13.7. The summed E-state index contributed by atoms with van der Waals surface area (Å²) >= 11 is 0. The molecule has 0 amide bonds.